The summed E-state index contributed by atoms with van der Waals surface area (Å²) in [6, 6.07) is 13.7. The van der Waals surface area contributed by atoms with Gasteiger partial charge in [-0.05, 0) is 67.8 Å². The molecule has 0 saturated carbocycles. The first kappa shape index (κ1) is 26.2. The molecule has 0 aliphatic carbocycles. The smallest absolute Gasteiger partial charge is 0.330 e. The largest absolute Gasteiger partial charge is 0.497 e. The molecule has 3 N–H and O–H groups in total. The van der Waals surface area contributed by atoms with Crippen LogP contribution in [-0.2, 0) is 20.2 Å². The van der Waals surface area contributed by atoms with Crippen LogP contribution in [0.1, 0.15) is 25.8 Å². The molecule has 0 radical (unpaired) electrons. The summed E-state index contributed by atoms with van der Waals surface area (Å²) in [5, 5.41) is 4.39. The summed E-state index contributed by atoms with van der Waals surface area (Å²) >= 11 is 6.33. The summed E-state index contributed by atoms with van der Waals surface area (Å²) in [7, 11) is -1.47. The second kappa shape index (κ2) is 11.5. The van der Waals surface area contributed by atoms with Gasteiger partial charge in [-0.25, -0.2) is 4.98 Å². The lowest BCUT2D eigenvalue weighted by atomic mass is 10.2. The van der Waals surface area contributed by atoms with E-state index in [1.165, 1.54) is 0 Å². The first-order valence-electron chi connectivity index (χ1n) is 11.9. The highest BCUT2D eigenvalue weighted by Gasteiger charge is 2.23. The third kappa shape index (κ3) is 5.76. The van der Waals surface area contributed by atoms with E-state index in [1.54, 1.807) is 21.0 Å². The fourth-order valence-corrected chi connectivity index (χ4v) is 6.04. The van der Waals surface area contributed by atoms with Crippen LogP contribution in [-0.4, -0.2) is 47.6 Å². The van der Waals surface area contributed by atoms with E-state index in [2.05, 4.69) is 19.9 Å². The fourth-order valence-electron chi connectivity index (χ4n) is 4.21. The maximum Gasteiger partial charge on any atom is 0.330 e. The molecule has 2 aromatic carbocycles. The topological polar surface area (TPSA) is 114 Å². The van der Waals surface area contributed by atoms with Gasteiger partial charge in [0.2, 0.25) is 5.28 Å². The second-order valence-corrected chi connectivity index (χ2v) is 10.7. The van der Waals surface area contributed by atoms with Gasteiger partial charge in [-0.3, -0.25) is 4.57 Å². The Morgan fingerprint density at radius 3 is 2.47 bits per heavy atom. The molecule has 0 aliphatic rings. The number of fused-ring (bicyclic) bond motifs is 3. The van der Waals surface area contributed by atoms with Crippen LogP contribution in [0.25, 0.3) is 21.9 Å². The van der Waals surface area contributed by atoms with Crippen molar-refractivity contribution >= 4 is 52.6 Å². The quantitative estimate of drug-likeness (QED) is 0.0998. The maximum absolute atomic E-state index is 12.8. The van der Waals surface area contributed by atoms with Crippen LogP contribution in [0.4, 0.5) is 11.5 Å². The summed E-state index contributed by atoms with van der Waals surface area (Å²) in [4.78, 5) is 9.04. The van der Waals surface area contributed by atoms with Crippen LogP contribution in [0.15, 0.2) is 42.5 Å². The van der Waals surface area contributed by atoms with Crippen LogP contribution in [0.5, 0.6) is 5.75 Å². The number of halogens is 1. The molecule has 2 heterocycles. The maximum atomic E-state index is 12.8. The molecule has 0 saturated heterocycles. The van der Waals surface area contributed by atoms with Gasteiger partial charge < -0.3 is 29.4 Å². The first-order chi connectivity index (χ1) is 17.4. The number of nitrogens with one attached hydrogen (secondary N) is 1. The number of methoxy groups -OCH3 is 1. The van der Waals surface area contributed by atoms with Crippen molar-refractivity contribution in [2.75, 3.05) is 44.1 Å². The fraction of sp³-hybridized carbons (Fsp3) is 0.360. The molecule has 0 aliphatic heterocycles. The number of ether oxygens (including phenoxy) is 1. The van der Waals surface area contributed by atoms with E-state index in [9.17, 15) is 4.57 Å². The number of benzene rings is 2. The van der Waals surface area contributed by atoms with Gasteiger partial charge in [0.1, 0.15) is 16.8 Å². The van der Waals surface area contributed by atoms with Crippen LogP contribution < -0.4 is 15.8 Å². The van der Waals surface area contributed by atoms with Crippen molar-refractivity contribution < 1.29 is 18.3 Å². The Balaban J connectivity index is 1.69. The van der Waals surface area contributed by atoms with Crippen molar-refractivity contribution in [1.82, 2.24) is 14.5 Å². The summed E-state index contributed by atoms with van der Waals surface area (Å²) < 4.78 is 31.0. The molecule has 36 heavy (non-hydrogen) atoms. The Morgan fingerprint density at radius 1 is 1.08 bits per heavy atom. The molecular formula is C25H31ClN5O4P. The molecule has 0 unspecified atom stereocenters. The summed E-state index contributed by atoms with van der Waals surface area (Å²) in [5.74, 6) is 1.39. The first-order valence-corrected chi connectivity index (χ1v) is 14.0. The van der Waals surface area contributed by atoms with Gasteiger partial charge in [0.25, 0.3) is 0 Å². The Kier molecular flexibility index (Phi) is 8.36. The van der Waals surface area contributed by atoms with Gasteiger partial charge in [0, 0.05) is 24.2 Å². The summed E-state index contributed by atoms with van der Waals surface area (Å²) in [5.41, 5.74) is 10.3. The molecular weight excluding hydrogens is 501 g/mol. The summed E-state index contributed by atoms with van der Waals surface area (Å²) in [6.07, 6.45) is 0.862. The molecule has 0 bridgehead atoms. The SMILES string of the molecule is CCOP(=O)(CCCNc1nc(Cl)nc2c3cc(N)ccc3n(Cc3ccc(OC)cc3)c12)OCC. The van der Waals surface area contributed by atoms with Crippen molar-refractivity contribution in [3.63, 3.8) is 0 Å². The van der Waals surface area contributed by atoms with E-state index >= 15 is 0 Å². The second-order valence-electron chi connectivity index (χ2n) is 8.20. The van der Waals surface area contributed by atoms with Gasteiger partial charge in [-0.15, -0.1) is 0 Å². The standard InChI is InChI=1S/C25H31ClN5O4P/c1-4-34-36(32,35-5-2)14-6-13-28-24-23-22(29-25(26)30-24)20-15-18(27)9-12-21(20)31(23)16-17-7-10-19(33-3)11-8-17/h7-12,15H,4-6,13-14,16,27H2,1-3H3,(H,28,29,30). The predicted octanol–water partition coefficient (Wildman–Crippen LogP) is 5.95. The molecule has 9 nitrogen and oxygen atoms in total. The number of hydrogen-bond acceptors (Lipinski definition) is 8. The van der Waals surface area contributed by atoms with E-state index in [0.29, 0.717) is 55.9 Å². The number of nitrogen functional groups attached to an aromatic ring is 1. The van der Waals surface area contributed by atoms with Gasteiger partial charge in [0.15, 0.2) is 5.82 Å². The zero-order valence-corrected chi connectivity index (χ0v) is 22.3. The lowest BCUT2D eigenvalue weighted by molar-refractivity contribution is 0.220. The monoisotopic (exact) mass is 531 g/mol. The van der Waals surface area contributed by atoms with E-state index in [1.807, 2.05) is 42.5 Å². The zero-order valence-electron chi connectivity index (χ0n) is 20.7. The molecule has 0 fully saturated rings. The molecule has 0 amide bonds. The number of nitrogens with two attached hydrogens (primary N) is 1. The van der Waals surface area contributed by atoms with Crippen molar-refractivity contribution in [3.8, 4) is 5.75 Å². The van der Waals surface area contributed by atoms with Crippen molar-refractivity contribution in [1.29, 1.82) is 0 Å². The van der Waals surface area contributed by atoms with Gasteiger partial charge in [-0.2, -0.15) is 4.98 Å². The number of aromatic nitrogens is 3. The van der Waals surface area contributed by atoms with Gasteiger partial charge >= 0.3 is 7.60 Å². The van der Waals surface area contributed by atoms with E-state index in [0.717, 1.165) is 27.7 Å². The Labute approximate surface area is 215 Å². The zero-order chi connectivity index (χ0) is 25.7. The van der Waals surface area contributed by atoms with Crippen molar-refractivity contribution in [3.05, 3.63) is 53.3 Å². The third-order valence-corrected chi connectivity index (χ3v) is 8.08. The Hall–Kier alpha value is -2.84. The van der Waals surface area contributed by atoms with Crippen LogP contribution in [0.3, 0.4) is 0 Å². The van der Waals surface area contributed by atoms with Crippen molar-refractivity contribution in [2.45, 2.75) is 26.8 Å². The van der Waals surface area contributed by atoms with E-state index < -0.39 is 7.60 Å². The number of rotatable bonds is 12. The van der Waals surface area contributed by atoms with Gasteiger partial charge in [0.05, 0.1) is 32.0 Å². The lowest BCUT2D eigenvalue weighted by Crippen LogP contribution is -2.10. The minimum absolute atomic E-state index is 0.130. The highest BCUT2D eigenvalue weighted by Crippen LogP contribution is 2.48. The number of anilines is 2. The van der Waals surface area contributed by atoms with Crippen molar-refractivity contribution in [2.24, 2.45) is 0 Å². The highest BCUT2D eigenvalue weighted by atomic mass is 35.5. The number of hydrogen-bond donors (Lipinski definition) is 2. The lowest BCUT2D eigenvalue weighted by Gasteiger charge is -2.17. The summed E-state index contributed by atoms with van der Waals surface area (Å²) in [6.45, 7) is 5.36. The van der Waals surface area contributed by atoms with E-state index in [-0.39, 0.29) is 5.28 Å². The predicted molar refractivity (Wildman–Crippen MR) is 145 cm³/mol. The van der Waals surface area contributed by atoms with Gasteiger partial charge in [-0.1, -0.05) is 12.1 Å². The molecule has 192 valence electrons. The average Bonchev–Trinajstić information content (AvgIpc) is 3.15. The van der Waals surface area contributed by atoms with Crippen LogP contribution in [0, 0.1) is 0 Å². The molecule has 4 aromatic rings. The normalized spacial score (nSPS) is 11.9. The van der Waals surface area contributed by atoms with Crippen LogP contribution in [0.2, 0.25) is 5.28 Å². The molecule has 0 spiro atoms. The minimum Gasteiger partial charge on any atom is -0.497 e. The molecule has 2 aromatic heterocycles. The number of nitrogens with zero attached hydrogens (tertiary/aromatic N) is 3. The molecule has 0 atom stereocenters. The minimum atomic E-state index is -3.12. The highest BCUT2D eigenvalue weighted by molar-refractivity contribution is 7.53. The average molecular weight is 532 g/mol. The molecule has 11 heteroatoms. The Morgan fingerprint density at radius 2 is 1.81 bits per heavy atom. The molecule has 4 rings (SSSR count). The third-order valence-electron chi connectivity index (χ3n) is 5.75. The van der Waals surface area contributed by atoms with E-state index in [4.69, 9.17) is 31.1 Å². The van der Waals surface area contributed by atoms with Crippen LogP contribution >= 0.6 is 19.2 Å². The Bertz CT molecular complexity index is 1380.